The van der Waals surface area contributed by atoms with E-state index in [9.17, 15) is 9.00 Å². The van der Waals surface area contributed by atoms with Crippen molar-refractivity contribution < 1.29 is 9.00 Å². The Labute approximate surface area is 141 Å². The van der Waals surface area contributed by atoms with Crippen LogP contribution in [-0.2, 0) is 9.73 Å². The van der Waals surface area contributed by atoms with Gasteiger partial charge in [0.2, 0.25) is 0 Å². The largest absolute Gasteiger partial charge is 0.351 e. The molecule has 0 saturated heterocycles. The predicted molar refractivity (Wildman–Crippen MR) is 93.6 cm³/mol. The van der Waals surface area contributed by atoms with Crippen molar-refractivity contribution in [2.75, 3.05) is 18.6 Å². The molecule has 1 atom stereocenters. The second-order valence-corrected chi connectivity index (χ2v) is 9.83. The summed E-state index contributed by atoms with van der Waals surface area (Å²) in [6, 6.07) is 5.38. The average Bonchev–Trinajstić information content (AvgIpc) is 2.92. The minimum absolute atomic E-state index is 0.157. The maximum atomic E-state index is 12.3. The highest BCUT2D eigenvalue weighted by Gasteiger charge is 2.20. The van der Waals surface area contributed by atoms with Crippen LogP contribution in [0.25, 0.3) is 0 Å². The number of nitrogens with one attached hydrogen (secondary N) is 2. The van der Waals surface area contributed by atoms with Gasteiger partial charge in [-0.15, -0.1) is 11.8 Å². The molecule has 0 radical (unpaired) electrons. The summed E-state index contributed by atoms with van der Waals surface area (Å²) in [5.74, 6) is -0.0589. The minimum Gasteiger partial charge on any atom is -0.351 e. The van der Waals surface area contributed by atoms with Gasteiger partial charge in [-0.05, 0) is 31.0 Å². The third kappa shape index (κ3) is 5.48. The van der Waals surface area contributed by atoms with E-state index in [2.05, 4.69) is 5.32 Å². The van der Waals surface area contributed by atoms with Gasteiger partial charge in [0.15, 0.2) is 0 Å². The summed E-state index contributed by atoms with van der Waals surface area (Å²) in [5, 5.41) is 3.83. The maximum Gasteiger partial charge on any atom is 0.252 e. The van der Waals surface area contributed by atoms with Crippen LogP contribution in [0.15, 0.2) is 23.1 Å². The van der Waals surface area contributed by atoms with Crippen molar-refractivity contribution >= 4 is 39.0 Å². The van der Waals surface area contributed by atoms with Gasteiger partial charge in [0.25, 0.3) is 5.91 Å². The molecule has 0 aliphatic heterocycles. The van der Waals surface area contributed by atoms with Crippen LogP contribution in [-0.4, -0.2) is 33.9 Å². The van der Waals surface area contributed by atoms with Gasteiger partial charge in [-0.3, -0.25) is 13.8 Å². The smallest absolute Gasteiger partial charge is 0.252 e. The molecule has 1 aliphatic rings. The predicted octanol–water partition coefficient (Wildman–Crippen LogP) is 3.78. The quantitative estimate of drug-likeness (QED) is 0.811. The van der Waals surface area contributed by atoms with Crippen molar-refractivity contribution in [2.45, 2.75) is 35.8 Å². The zero-order valence-electron chi connectivity index (χ0n) is 12.6. The molecule has 122 valence electrons. The van der Waals surface area contributed by atoms with Gasteiger partial charge in [0.1, 0.15) is 0 Å². The van der Waals surface area contributed by atoms with Gasteiger partial charge in [-0.2, -0.15) is 0 Å². The van der Waals surface area contributed by atoms with Crippen molar-refractivity contribution in [1.29, 1.82) is 4.78 Å². The highest BCUT2D eigenvalue weighted by molar-refractivity contribution is 8.00. The summed E-state index contributed by atoms with van der Waals surface area (Å²) >= 11 is 7.76. The lowest BCUT2D eigenvalue weighted by atomic mass is 10.2. The summed E-state index contributed by atoms with van der Waals surface area (Å²) in [7, 11) is -2.58. The van der Waals surface area contributed by atoms with E-state index in [4.69, 9.17) is 16.4 Å². The van der Waals surface area contributed by atoms with Crippen molar-refractivity contribution in [3.05, 3.63) is 28.8 Å². The highest BCUT2D eigenvalue weighted by atomic mass is 35.5. The van der Waals surface area contributed by atoms with Crippen LogP contribution in [0.4, 0.5) is 0 Å². The van der Waals surface area contributed by atoms with Crippen molar-refractivity contribution in [3.8, 4) is 0 Å². The van der Waals surface area contributed by atoms with E-state index >= 15 is 0 Å². The molecule has 1 aromatic rings. The van der Waals surface area contributed by atoms with E-state index in [1.807, 2.05) is 6.07 Å². The van der Waals surface area contributed by atoms with Crippen LogP contribution in [0, 0.1) is 4.78 Å². The summed E-state index contributed by atoms with van der Waals surface area (Å²) < 4.78 is 18.7. The Morgan fingerprint density at radius 1 is 1.45 bits per heavy atom. The number of amides is 1. The summed E-state index contributed by atoms with van der Waals surface area (Å²) in [5.41, 5.74) is 0.567. The Bertz CT molecular complexity index is 641. The number of rotatable bonds is 6. The SMILES string of the molecule is CS(=N)(=O)CCNC(=O)c1cc(Cl)ccc1SC1CCCC1. The number of carbonyl (C=O) groups excluding carboxylic acids is 1. The second-order valence-electron chi connectivity index (χ2n) is 5.63. The number of hydrogen-bond acceptors (Lipinski definition) is 4. The molecule has 22 heavy (non-hydrogen) atoms. The molecule has 0 heterocycles. The fourth-order valence-electron chi connectivity index (χ4n) is 2.42. The molecule has 7 heteroatoms. The lowest BCUT2D eigenvalue weighted by Gasteiger charge is -2.14. The van der Waals surface area contributed by atoms with E-state index in [0.717, 1.165) is 4.90 Å². The lowest BCUT2D eigenvalue weighted by Crippen LogP contribution is -2.29. The summed E-state index contributed by atoms with van der Waals surface area (Å²) in [6.45, 7) is 0.234. The van der Waals surface area contributed by atoms with E-state index in [0.29, 0.717) is 15.8 Å². The third-order valence-corrected chi connectivity index (χ3v) is 6.19. The number of hydrogen-bond donors (Lipinski definition) is 2. The molecule has 1 fully saturated rings. The Hall–Kier alpha value is -0.720. The van der Waals surface area contributed by atoms with Crippen molar-refractivity contribution in [3.63, 3.8) is 0 Å². The lowest BCUT2D eigenvalue weighted by molar-refractivity contribution is 0.0953. The summed E-state index contributed by atoms with van der Waals surface area (Å²) in [4.78, 5) is 13.3. The monoisotopic (exact) mass is 360 g/mol. The van der Waals surface area contributed by atoms with Crippen LogP contribution in [0.2, 0.25) is 5.02 Å². The van der Waals surface area contributed by atoms with Crippen LogP contribution < -0.4 is 5.32 Å². The molecule has 0 bridgehead atoms. The molecule has 1 unspecified atom stereocenters. The number of carbonyl (C=O) groups is 1. The van der Waals surface area contributed by atoms with E-state index < -0.39 is 9.73 Å². The number of thioether (sulfide) groups is 1. The Morgan fingerprint density at radius 2 is 2.14 bits per heavy atom. The first kappa shape index (κ1) is 17.6. The summed E-state index contributed by atoms with van der Waals surface area (Å²) in [6.07, 6.45) is 6.25. The molecule has 1 aromatic carbocycles. The van der Waals surface area contributed by atoms with Crippen LogP contribution in [0.1, 0.15) is 36.0 Å². The van der Waals surface area contributed by atoms with Crippen LogP contribution in [0.5, 0.6) is 0 Å². The first-order valence-corrected chi connectivity index (χ1v) is 10.7. The molecule has 2 rings (SSSR count). The highest BCUT2D eigenvalue weighted by Crippen LogP contribution is 2.37. The molecule has 1 aliphatic carbocycles. The fraction of sp³-hybridized carbons (Fsp3) is 0.533. The van der Waals surface area contributed by atoms with Crippen LogP contribution >= 0.6 is 23.4 Å². The average molecular weight is 361 g/mol. The molecule has 1 amide bonds. The van der Waals surface area contributed by atoms with Gasteiger partial charge >= 0.3 is 0 Å². The van der Waals surface area contributed by atoms with Crippen molar-refractivity contribution in [2.24, 2.45) is 0 Å². The molecular weight excluding hydrogens is 340 g/mol. The number of benzene rings is 1. The molecule has 4 nitrogen and oxygen atoms in total. The van der Waals surface area contributed by atoms with Gasteiger partial charge in [0.05, 0.1) is 5.56 Å². The van der Waals surface area contributed by atoms with E-state index in [-0.39, 0.29) is 18.2 Å². The van der Waals surface area contributed by atoms with Gasteiger partial charge in [-0.1, -0.05) is 24.4 Å². The van der Waals surface area contributed by atoms with Gasteiger partial charge in [-0.25, -0.2) is 0 Å². The number of halogens is 1. The molecule has 2 N–H and O–H groups in total. The van der Waals surface area contributed by atoms with E-state index in [1.165, 1.54) is 31.9 Å². The van der Waals surface area contributed by atoms with E-state index in [1.54, 1.807) is 23.9 Å². The van der Waals surface area contributed by atoms with Crippen LogP contribution in [0.3, 0.4) is 0 Å². The fourth-order valence-corrected chi connectivity index (χ4v) is 4.44. The minimum atomic E-state index is -2.58. The first-order chi connectivity index (χ1) is 10.3. The zero-order valence-corrected chi connectivity index (χ0v) is 15.0. The van der Waals surface area contributed by atoms with Gasteiger partial charge in [0, 0.05) is 43.5 Å². The normalized spacial score (nSPS) is 18.1. The standard InChI is InChI=1S/C15H21ClN2O2S2/c1-22(17,20)9-8-18-15(19)13-10-11(16)6-7-14(13)21-12-4-2-3-5-12/h6-7,10,12,17H,2-5,8-9H2,1H3,(H,18,19). The first-order valence-electron chi connectivity index (χ1n) is 7.31. The zero-order chi connectivity index (χ0) is 16.2. The molecular formula is C15H21ClN2O2S2. The Balaban J connectivity index is 2.06. The maximum absolute atomic E-state index is 12.3. The van der Waals surface area contributed by atoms with Gasteiger partial charge < -0.3 is 5.32 Å². The topological polar surface area (TPSA) is 70.0 Å². The molecule has 0 aromatic heterocycles. The van der Waals surface area contributed by atoms with Crippen molar-refractivity contribution in [1.82, 2.24) is 5.32 Å². The third-order valence-electron chi connectivity index (χ3n) is 3.56. The Morgan fingerprint density at radius 3 is 2.77 bits per heavy atom. The molecule has 1 saturated carbocycles. The Kier molecular flexibility index (Phi) is 6.17. The second kappa shape index (κ2) is 7.70. The molecule has 0 spiro atoms.